The molecule has 0 radical (unpaired) electrons. The number of unbranched alkanes of at least 4 members (excludes halogenated alkanes) is 3. The van der Waals surface area contributed by atoms with Gasteiger partial charge in [-0.2, -0.15) is 0 Å². The van der Waals surface area contributed by atoms with Gasteiger partial charge in [0, 0.05) is 19.8 Å². The van der Waals surface area contributed by atoms with Gasteiger partial charge in [0.05, 0.1) is 6.61 Å². The monoisotopic (exact) mass is 318 g/mol. The van der Waals surface area contributed by atoms with Crippen LogP contribution in [0.3, 0.4) is 0 Å². The molecule has 0 aliphatic rings. The molecule has 0 N–H and O–H groups in total. The summed E-state index contributed by atoms with van der Waals surface area (Å²) in [5.74, 6) is 0. The molecule has 4 nitrogen and oxygen atoms in total. The summed E-state index contributed by atoms with van der Waals surface area (Å²) in [5, 5.41) is 0. The molecule has 0 rings (SSSR count). The maximum absolute atomic E-state index is 5.94. The van der Waals surface area contributed by atoms with E-state index in [-0.39, 0.29) is 0 Å². The minimum absolute atomic E-state index is 0.427. The van der Waals surface area contributed by atoms with Crippen molar-refractivity contribution in [3.8, 4) is 0 Å². The highest BCUT2D eigenvalue weighted by atomic mass is 28.4. The number of hydrogen-bond donors (Lipinski definition) is 0. The fraction of sp³-hybridized carbons (Fsp3) is 0.875. The van der Waals surface area contributed by atoms with Crippen LogP contribution >= 0.6 is 0 Å². The maximum atomic E-state index is 5.94. The lowest BCUT2D eigenvalue weighted by atomic mass is 10.4. The first-order chi connectivity index (χ1) is 10.1. The second kappa shape index (κ2) is 13.5. The average Bonchev–Trinajstić information content (AvgIpc) is 2.46. The molecule has 0 aliphatic carbocycles. The third kappa shape index (κ3) is 11.1. The van der Waals surface area contributed by atoms with Crippen LogP contribution in [-0.2, 0) is 17.7 Å². The summed E-state index contributed by atoms with van der Waals surface area (Å²) in [6.07, 6.45) is 6.19. The van der Waals surface area contributed by atoms with Crippen LogP contribution in [-0.4, -0.2) is 35.5 Å². The molecular formula is C16H34O4Si. The lowest BCUT2D eigenvalue weighted by molar-refractivity contribution is -0.0321. The van der Waals surface area contributed by atoms with Gasteiger partial charge < -0.3 is 17.7 Å². The molecule has 126 valence electrons. The zero-order chi connectivity index (χ0) is 16.0. The van der Waals surface area contributed by atoms with Gasteiger partial charge >= 0.3 is 9.05 Å². The van der Waals surface area contributed by atoms with Crippen LogP contribution in [0.4, 0.5) is 0 Å². The Morgan fingerprint density at radius 1 is 0.762 bits per heavy atom. The number of hydrogen-bond acceptors (Lipinski definition) is 4. The van der Waals surface area contributed by atoms with Crippen molar-refractivity contribution in [2.75, 3.05) is 26.4 Å². The molecular weight excluding hydrogens is 284 g/mol. The van der Waals surface area contributed by atoms with Crippen molar-refractivity contribution in [3.05, 3.63) is 12.2 Å². The normalized spacial score (nSPS) is 11.8. The van der Waals surface area contributed by atoms with Crippen LogP contribution in [0.5, 0.6) is 0 Å². The molecule has 0 aromatic rings. The van der Waals surface area contributed by atoms with Crippen molar-refractivity contribution >= 4 is 9.05 Å². The minimum Gasteiger partial charge on any atom is -0.351 e. The van der Waals surface area contributed by atoms with Crippen LogP contribution in [0.2, 0.25) is 0 Å². The Labute approximate surface area is 132 Å². The first kappa shape index (κ1) is 20.8. The van der Waals surface area contributed by atoms with Crippen molar-refractivity contribution in [1.82, 2.24) is 0 Å². The van der Waals surface area contributed by atoms with E-state index in [1.165, 1.54) is 0 Å². The summed E-state index contributed by atoms with van der Waals surface area (Å²) in [7, 11) is -3.03. The highest BCUT2D eigenvalue weighted by Gasteiger charge is 2.45. The molecule has 0 aliphatic heterocycles. The smallest absolute Gasteiger partial charge is 0.351 e. The summed E-state index contributed by atoms with van der Waals surface area (Å²) in [6, 6.07) is 0. The first-order valence-corrected chi connectivity index (χ1v) is 9.93. The Bertz CT molecular complexity index is 232. The van der Waals surface area contributed by atoms with Gasteiger partial charge in [0.15, 0.2) is 0 Å². The Morgan fingerprint density at radius 2 is 1.14 bits per heavy atom. The van der Waals surface area contributed by atoms with Crippen molar-refractivity contribution < 1.29 is 17.7 Å². The maximum Gasteiger partial charge on any atom is 0.680 e. The van der Waals surface area contributed by atoms with Gasteiger partial charge in [-0.05, 0) is 26.2 Å². The minimum atomic E-state index is -3.03. The molecule has 0 fully saturated rings. The topological polar surface area (TPSA) is 36.9 Å². The third-order valence-electron chi connectivity index (χ3n) is 2.83. The zero-order valence-corrected chi connectivity index (χ0v) is 15.4. The van der Waals surface area contributed by atoms with Gasteiger partial charge in [-0.15, -0.1) is 0 Å². The molecule has 0 aromatic carbocycles. The summed E-state index contributed by atoms with van der Waals surface area (Å²) < 4.78 is 23.7. The molecule has 0 aromatic heterocycles. The quantitative estimate of drug-likeness (QED) is 0.254. The molecule has 0 saturated heterocycles. The van der Waals surface area contributed by atoms with Crippen LogP contribution in [0, 0.1) is 0 Å². The zero-order valence-electron chi connectivity index (χ0n) is 14.4. The average molecular weight is 319 g/mol. The molecule has 0 heterocycles. The van der Waals surface area contributed by atoms with Crippen molar-refractivity contribution in [2.24, 2.45) is 0 Å². The third-order valence-corrected chi connectivity index (χ3v) is 5.00. The van der Waals surface area contributed by atoms with Gasteiger partial charge in [-0.1, -0.05) is 52.2 Å². The molecule has 0 bridgehead atoms. The van der Waals surface area contributed by atoms with E-state index in [1.54, 1.807) is 0 Å². The molecule has 0 amide bonds. The summed E-state index contributed by atoms with van der Waals surface area (Å²) in [6.45, 7) is 14.5. The van der Waals surface area contributed by atoms with Crippen LogP contribution < -0.4 is 0 Å². The summed E-state index contributed by atoms with van der Waals surface area (Å²) in [5.41, 5.74) is 0.948. The Kier molecular flexibility index (Phi) is 13.3. The molecule has 0 unspecified atom stereocenters. The van der Waals surface area contributed by atoms with E-state index in [4.69, 9.17) is 17.7 Å². The lowest BCUT2D eigenvalue weighted by Gasteiger charge is -2.28. The Morgan fingerprint density at radius 3 is 1.43 bits per heavy atom. The van der Waals surface area contributed by atoms with Crippen molar-refractivity contribution in [2.45, 2.75) is 66.2 Å². The van der Waals surface area contributed by atoms with E-state index in [2.05, 4.69) is 27.4 Å². The fourth-order valence-electron chi connectivity index (χ4n) is 1.49. The molecule has 5 heteroatoms. The standard InChI is InChI=1S/C16H34O4Si/c1-6-9-12-17-21(18-13-10-7-2,19-14-11-8-3)20-15-16(4)5/h4,6-15H2,1-3,5H3. The van der Waals surface area contributed by atoms with E-state index >= 15 is 0 Å². The summed E-state index contributed by atoms with van der Waals surface area (Å²) >= 11 is 0. The Hall–Kier alpha value is -0.203. The van der Waals surface area contributed by atoms with E-state index < -0.39 is 9.05 Å². The van der Waals surface area contributed by atoms with E-state index in [1.807, 2.05) is 6.92 Å². The van der Waals surface area contributed by atoms with Crippen LogP contribution in [0.15, 0.2) is 12.2 Å². The molecule has 0 spiro atoms. The van der Waals surface area contributed by atoms with Gasteiger partial charge in [0.1, 0.15) is 0 Å². The second-order valence-electron chi connectivity index (χ2n) is 5.35. The highest BCUT2D eigenvalue weighted by molar-refractivity contribution is 6.53. The lowest BCUT2D eigenvalue weighted by Crippen LogP contribution is -2.50. The number of rotatable bonds is 15. The van der Waals surface area contributed by atoms with Crippen molar-refractivity contribution in [3.63, 3.8) is 0 Å². The molecule has 21 heavy (non-hydrogen) atoms. The van der Waals surface area contributed by atoms with Gasteiger partial charge in [0.25, 0.3) is 0 Å². The SMILES string of the molecule is C=C(C)CO[Si](OCCCC)(OCCCC)OCCCC. The predicted octanol–water partition coefficient (Wildman–Crippen LogP) is 4.46. The van der Waals surface area contributed by atoms with Crippen LogP contribution in [0.25, 0.3) is 0 Å². The van der Waals surface area contributed by atoms with Gasteiger partial charge in [-0.25, -0.2) is 0 Å². The highest BCUT2D eigenvalue weighted by Crippen LogP contribution is 2.16. The van der Waals surface area contributed by atoms with Crippen LogP contribution in [0.1, 0.15) is 66.2 Å². The van der Waals surface area contributed by atoms with E-state index in [9.17, 15) is 0 Å². The first-order valence-electron chi connectivity index (χ1n) is 8.30. The summed E-state index contributed by atoms with van der Waals surface area (Å²) in [4.78, 5) is 0. The van der Waals surface area contributed by atoms with E-state index in [0.717, 1.165) is 44.1 Å². The molecule has 0 atom stereocenters. The fourth-order valence-corrected chi connectivity index (χ4v) is 3.59. The largest absolute Gasteiger partial charge is 0.680 e. The predicted molar refractivity (Wildman–Crippen MR) is 89.1 cm³/mol. The van der Waals surface area contributed by atoms with Gasteiger partial charge in [0.2, 0.25) is 0 Å². The Balaban J connectivity index is 4.64. The van der Waals surface area contributed by atoms with E-state index in [0.29, 0.717) is 26.4 Å². The van der Waals surface area contributed by atoms with Gasteiger partial charge in [-0.3, -0.25) is 0 Å². The second-order valence-corrected chi connectivity index (χ2v) is 7.51. The van der Waals surface area contributed by atoms with Crippen molar-refractivity contribution in [1.29, 1.82) is 0 Å². The molecule has 0 saturated carbocycles.